The first kappa shape index (κ1) is 25.4. The molecule has 1 aromatic heterocycles. The second-order valence-corrected chi connectivity index (χ2v) is 11.1. The van der Waals surface area contributed by atoms with Gasteiger partial charge in [-0.1, -0.05) is 42.3 Å². The summed E-state index contributed by atoms with van der Waals surface area (Å²) in [4.78, 5) is 11.8. The first-order chi connectivity index (χ1) is 15.3. The molecule has 0 saturated heterocycles. The largest absolute Gasteiger partial charge is 0.481 e. The Morgan fingerprint density at radius 2 is 2.09 bits per heavy atom. The Kier molecular flexibility index (Phi) is 9.35. The molecule has 5 atom stereocenters. The van der Waals surface area contributed by atoms with Crippen molar-refractivity contribution in [3.63, 3.8) is 0 Å². The van der Waals surface area contributed by atoms with Crippen molar-refractivity contribution in [2.45, 2.75) is 82.6 Å². The van der Waals surface area contributed by atoms with Gasteiger partial charge in [-0.05, 0) is 57.1 Å². The van der Waals surface area contributed by atoms with E-state index < -0.39 is 24.3 Å². The van der Waals surface area contributed by atoms with E-state index in [2.05, 4.69) is 0 Å². The number of carboxylic acid groups (broad SMARTS) is 1. The molecular weight excluding hydrogens is 451 g/mol. The number of rotatable bonds is 12. The van der Waals surface area contributed by atoms with Crippen LogP contribution in [-0.4, -0.2) is 39.7 Å². The first-order valence-corrected chi connectivity index (χ1v) is 12.8. The third-order valence-electron chi connectivity index (χ3n) is 7.14. The zero-order valence-corrected chi connectivity index (χ0v) is 19.9. The highest BCUT2D eigenvalue weighted by molar-refractivity contribution is 7.16. The minimum absolute atomic E-state index is 0.118. The summed E-state index contributed by atoms with van der Waals surface area (Å²) < 4.78 is 15.3. The van der Waals surface area contributed by atoms with E-state index in [9.17, 15) is 19.4 Å². The SMILES string of the molecule is O=C(O)CCCC=CC[C@H]1C(F)C[C@@H](O)[C@H]1C=CCC(O)C1(Cc2ccc(Cl)s2)CCC1. The van der Waals surface area contributed by atoms with E-state index in [-0.39, 0.29) is 30.1 Å². The van der Waals surface area contributed by atoms with Gasteiger partial charge in [-0.3, -0.25) is 4.79 Å². The summed E-state index contributed by atoms with van der Waals surface area (Å²) in [7, 11) is 0. The fraction of sp³-hybridized carbons (Fsp3) is 0.640. The van der Waals surface area contributed by atoms with Gasteiger partial charge in [0.2, 0.25) is 0 Å². The maximum absolute atomic E-state index is 14.5. The molecule has 2 unspecified atom stereocenters. The second kappa shape index (κ2) is 11.8. The number of aliphatic hydroxyl groups excluding tert-OH is 2. The van der Waals surface area contributed by atoms with Crippen LogP contribution in [0.25, 0.3) is 0 Å². The van der Waals surface area contributed by atoms with E-state index >= 15 is 0 Å². The van der Waals surface area contributed by atoms with Crippen LogP contribution in [0.5, 0.6) is 0 Å². The third kappa shape index (κ3) is 6.66. The average Bonchev–Trinajstić information content (AvgIpc) is 3.23. The predicted octanol–water partition coefficient (Wildman–Crippen LogP) is 5.96. The van der Waals surface area contributed by atoms with E-state index in [0.717, 1.165) is 30.0 Å². The molecule has 0 aromatic carbocycles. The predicted molar refractivity (Wildman–Crippen MR) is 127 cm³/mol. The highest BCUT2D eigenvalue weighted by Crippen LogP contribution is 2.48. The van der Waals surface area contributed by atoms with Gasteiger partial charge < -0.3 is 15.3 Å². The molecule has 0 amide bonds. The maximum atomic E-state index is 14.5. The molecule has 1 heterocycles. The number of hydrogen-bond acceptors (Lipinski definition) is 4. The fourth-order valence-electron chi connectivity index (χ4n) is 5.07. The summed E-state index contributed by atoms with van der Waals surface area (Å²) in [5.74, 6) is -1.37. The van der Waals surface area contributed by atoms with Crippen LogP contribution in [0.4, 0.5) is 4.39 Å². The van der Waals surface area contributed by atoms with Gasteiger partial charge in [0, 0.05) is 35.0 Å². The van der Waals surface area contributed by atoms with Gasteiger partial charge in [-0.15, -0.1) is 11.3 Å². The van der Waals surface area contributed by atoms with Crippen LogP contribution in [-0.2, 0) is 11.2 Å². The average molecular weight is 485 g/mol. The van der Waals surface area contributed by atoms with Gasteiger partial charge in [0.1, 0.15) is 6.17 Å². The van der Waals surface area contributed by atoms with Crippen LogP contribution in [0.1, 0.15) is 62.7 Å². The summed E-state index contributed by atoms with van der Waals surface area (Å²) in [5.41, 5.74) is -0.118. The zero-order chi connectivity index (χ0) is 23.1. The van der Waals surface area contributed by atoms with Crippen molar-refractivity contribution in [2.75, 3.05) is 0 Å². The van der Waals surface area contributed by atoms with Gasteiger partial charge >= 0.3 is 5.97 Å². The highest BCUT2D eigenvalue weighted by atomic mass is 35.5. The van der Waals surface area contributed by atoms with Crippen LogP contribution in [0.3, 0.4) is 0 Å². The van der Waals surface area contributed by atoms with Crippen molar-refractivity contribution in [3.05, 3.63) is 45.7 Å². The van der Waals surface area contributed by atoms with Crippen LogP contribution in [0, 0.1) is 17.3 Å². The third-order valence-corrected chi connectivity index (χ3v) is 8.37. The summed E-state index contributed by atoms with van der Waals surface area (Å²) in [6.07, 6.45) is 11.8. The monoisotopic (exact) mass is 484 g/mol. The zero-order valence-electron chi connectivity index (χ0n) is 18.3. The molecule has 32 heavy (non-hydrogen) atoms. The van der Waals surface area contributed by atoms with Crippen molar-refractivity contribution in [2.24, 2.45) is 17.3 Å². The molecular formula is C25H34ClFO4S. The van der Waals surface area contributed by atoms with E-state index in [0.29, 0.717) is 25.7 Å². The lowest BCUT2D eigenvalue weighted by atomic mass is 9.62. The summed E-state index contributed by atoms with van der Waals surface area (Å²) in [5, 5.41) is 30.0. The number of thiophene rings is 1. The van der Waals surface area contributed by atoms with Gasteiger partial charge in [-0.2, -0.15) is 0 Å². The molecule has 4 nitrogen and oxygen atoms in total. The number of hydrogen-bond donors (Lipinski definition) is 3. The number of unbranched alkanes of at least 4 members (excludes halogenated alkanes) is 1. The van der Waals surface area contributed by atoms with Crippen LogP contribution >= 0.6 is 22.9 Å². The number of halogens is 2. The number of aliphatic hydroxyl groups is 2. The molecule has 0 aliphatic heterocycles. The molecule has 0 bridgehead atoms. The topological polar surface area (TPSA) is 77.8 Å². The van der Waals surface area contributed by atoms with Crippen molar-refractivity contribution in [1.82, 2.24) is 0 Å². The molecule has 0 radical (unpaired) electrons. The second-order valence-electron chi connectivity index (χ2n) is 9.33. The van der Waals surface area contributed by atoms with Crippen molar-refractivity contribution >= 4 is 28.9 Å². The van der Waals surface area contributed by atoms with E-state index in [1.807, 2.05) is 36.4 Å². The Hall–Kier alpha value is -1.21. The molecule has 1 aromatic rings. The lowest BCUT2D eigenvalue weighted by molar-refractivity contribution is -0.137. The van der Waals surface area contributed by atoms with Crippen molar-refractivity contribution < 1.29 is 24.5 Å². The smallest absolute Gasteiger partial charge is 0.303 e. The maximum Gasteiger partial charge on any atom is 0.303 e. The standard InChI is InChI=1S/C25H34ClFO4S/c26-23-12-11-17(32-23)16-25(13-6-14-25)22(29)9-5-8-19-18(20(27)15-21(19)28)7-3-1-2-4-10-24(30)31/h1,3,5,8,11-12,18-22,28-29H,2,4,6-7,9-10,13-16H2,(H,30,31)/t18-,19+,20?,21-,22?/m1/s1. The number of aliphatic carboxylic acids is 1. The van der Waals surface area contributed by atoms with Crippen molar-refractivity contribution in [1.29, 1.82) is 0 Å². The van der Waals surface area contributed by atoms with Crippen LogP contribution in [0.2, 0.25) is 4.34 Å². The summed E-state index contributed by atoms with van der Waals surface area (Å²) >= 11 is 7.63. The first-order valence-electron chi connectivity index (χ1n) is 11.6. The highest BCUT2D eigenvalue weighted by Gasteiger charge is 2.44. The Bertz CT molecular complexity index is 804. The minimum atomic E-state index is -1.06. The van der Waals surface area contributed by atoms with Crippen LogP contribution < -0.4 is 0 Å². The molecule has 2 aliphatic carbocycles. The number of carbonyl (C=O) groups is 1. The molecule has 3 rings (SSSR count). The molecule has 7 heteroatoms. The molecule has 2 saturated carbocycles. The summed E-state index contributed by atoms with van der Waals surface area (Å²) in [6.45, 7) is 0. The van der Waals surface area contributed by atoms with Crippen molar-refractivity contribution in [3.8, 4) is 0 Å². The lowest BCUT2D eigenvalue weighted by Gasteiger charge is -2.45. The van der Waals surface area contributed by atoms with E-state index in [4.69, 9.17) is 16.7 Å². The van der Waals surface area contributed by atoms with Crippen LogP contribution in [0.15, 0.2) is 36.4 Å². The molecule has 2 aliphatic rings. The summed E-state index contributed by atoms with van der Waals surface area (Å²) in [6, 6.07) is 3.93. The Balaban J connectivity index is 1.52. The molecule has 3 N–H and O–H groups in total. The van der Waals surface area contributed by atoms with E-state index in [1.165, 1.54) is 4.88 Å². The van der Waals surface area contributed by atoms with E-state index in [1.54, 1.807) is 11.3 Å². The molecule has 2 fully saturated rings. The molecule has 0 spiro atoms. The van der Waals surface area contributed by atoms with Gasteiger partial charge in [-0.25, -0.2) is 4.39 Å². The number of allylic oxidation sites excluding steroid dienone is 2. The Morgan fingerprint density at radius 1 is 1.31 bits per heavy atom. The van der Waals surface area contributed by atoms with Gasteiger partial charge in [0.15, 0.2) is 0 Å². The quantitative estimate of drug-likeness (QED) is 0.253. The minimum Gasteiger partial charge on any atom is -0.481 e. The Morgan fingerprint density at radius 3 is 2.72 bits per heavy atom. The fourth-order valence-corrected chi connectivity index (χ4v) is 6.32. The van der Waals surface area contributed by atoms with Gasteiger partial charge in [0.25, 0.3) is 0 Å². The number of carboxylic acids is 1. The normalized spacial score (nSPS) is 28.4. The number of alkyl halides is 1. The Labute approximate surface area is 198 Å². The van der Waals surface area contributed by atoms with Gasteiger partial charge in [0.05, 0.1) is 16.5 Å². The molecule has 178 valence electrons. The lowest BCUT2D eigenvalue weighted by Crippen LogP contribution is -2.42.